The lowest BCUT2D eigenvalue weighted by atomic mass is 10.1. The molecule has 2 rings (SSSR count). The Morgan fingerprint density at radius 2 is 1.88 bits per heavy atom. The lowest BCUT2D eigenvalue weighted by molar-refractivity contribution is -0.0500. The molecule has 1 aliphatic rings. The zero-order valence-corrected chi connectivity index (χ0v) is 14.8. The maximum Gasteiger partial charge on any atom is 0.534 e. The minimum atomic E-state index is -5.84. The van der Waals surface area contributed by atoms with Crippen LogP contribution in [0.1, 0.15) is 5.56 Å². The monoisotopic (exact) mass is 393 g/mol. The van der Waals surface area contributed by atoms with Gasteiger partial charge in [0.05, 0.1) is 12.3 Å². The van der Waals surface area contributed by atoms with Crippen LogP contribution in [0.15, 0.2) is 18.2 Å². The largest absolute Gasteiger partial charge is 0.534 e. The van der Waals surface area contributed by atoms with Crippen LogP contribution in [-0.4, -0.2) is 65.3 Å². The first-order valence-electron chi connectivity index (χ1n) is 7.69. The first-order valence-corrected chi connectivity index (χ1v) is 9.10. The summed E-state index contributed by atoms with van der Waals surface area (Å²) >= 11 is 0. The normalized spacial score (nSPS) is 16.3. The number of benzene rings is 1. The van der Waals surface area contributed by atoms with Gasteiger partial charge in [0, 0.05) is 39.8 Å². The van der Waals surface area contributed by atoms with Crippen molar-refractivity contribution in [2.75, 3.05) is 51.3 Å². The van der Waals surface area contributed by atoms with Crippen LogP contribution < -0.4 is 9.08 Å². The van der Waals surface area contributed by atoms with Crippen molar-refractivity contribution in [2.24, 2.45) is 0 Å². The van der Waals surface area contributed by atoms with Gasteiger partial charge in [0.2, 0.25) is 0 Å². The van der Waals surface area contributed by atoms with Crippen LogP contribution in [0.3, 0.4) is 0 Å². The zero-order valence-electron chi connectivity index (χ0n) is 14.0. The highest BCUT2D eigenvalue weighted by Crippen LogP contribution is 2.33. The molecule has 1 aromatic rings. The van der Waals surface area contributed by atoms with E-state index in [0.717, 1.165) is 12.6 Å². The summed E-state index contributed by atoms with van der Waals surface area (Å²) in [5.41, 5.74) is -5.47. The van der Waals surface area contributed by atoms with Gasteiger partial charge in [0.25, 0.3) is 0 Å². The second-order valence-electron chi connectivity index (χ2n) is 5.57. The van der Waals surface area contributed by atoms with Crippen molar-refractivity contribution in [3.63, 3.8) is 0 Å². The lowest BCUT2D eigenvalue weighted by Gasteiger charge is -2.36. The fraction of sp³-hybridized carbons (Fsp3) is 0.533. The molecule has 1 fully saturated rings. The van der Waals surface area contributed by atoms with Gasteiger partial charge in [-0.3, -0.25) is 4.90 Å². The minimum absolute atomic E-state index is 0.245. The van der Waals surface area contributed by atoms with Crippen molar-refractivity contribution < 1.29 is 30.5 Å². The summed E-state index contributed by atoms with van der Waals surface area (Å²) in [6, 6.07) is 5.68. The second kappa shape index (κ2) is 8.11. The number of hydrogen-bond donors (Lipinski definition) is 0. The van der Waals surface area contributed by atoms with Gasteiger partial charge in [0.15, 0.2) is 5.75 Å². The number of anilines is 1. The van der Waals surface area contributed by atoms with Gasteiger partial charge in [-0.15, -0.1) is 0 Å². The van der Waals surface area contributed by atoms with Crippen LogP contribution in [0, 0.1) is 11.3 Å². The minimum Gasteiger partial charge on any atom is -0.383 e. The van der Waals surface area contributed by atoms with Crippen molar-refractivity contribution in [2.45, 2.75) is 5.51 Å². The quantitative estimate of drug-likeness (QED) is 0.536. The van der Waals surface area contributed by atoms with Crippen molar-refractivity contribution >= 4 is 15.8 Å². The van der Waals surface area contributed by atoms with Crippen LogP contribution in [-0.2, 0) is 14.9 Å². The van der Waals surface area contributed by atoms with Crippen molar-refractivity contribution in [3.8, 4) is 11.8 Å². The van der Waals surface area contributed by atoms with E-state index in [1.807, 2.05) is 4.90 Å². The fourth-order valence-electron chi connectivity index (χ4n) is 2.56. The van der Waals surface area contributed by atoms with E-state index in [4.69, 9.17) is 4.74 Å². The lowest BCUT2D eigenvalue weighted by Crippen LogP contribution is -2.47. The summed E-state index contributed by atoms with van der Waals surface area (Å²) in [5, 5.41) is 9.34. The van der Waals surface area contributed by atoms with Crippen LogP contribution in [0.2, 0.25) is 0 Å². The summed E-state index contributed by atoms with van der Waals surface area (Å²) in [7, 11) is -4.23. The molecular weight excluding hydrogens is 375 g/mol. The highest BCUT2D eigenvalue weighted by atomic mass is 32.2. The molecule has 7 nitrogen and oxygen atoms in total. The number of nitriles is 1. The Morgan fingerprint density at radius 3 is 2.42 bits per heavy atom. The van der Waals surface area contributed by atoms with Crippen LogP contribution >= 0.6 is 0 Å². The average molecular weight is 393 g/mol. The highest BCUT2D eigenvalue weighted by molar-refractivity contribution is 7.88. The third-order valence-electron chi connectivity index (χ3n) is 3.92. The number of methoxy groups -OCH3 is 1. The number of piperazine rings is 1. The standard InChI is InChI=1S/C15H18F3N3O4S/c1-24-10-9-20-5-7-21(8-6-20)13-3-2-4-14(12(13)11-19)25-26(22,23)15(16,17)18/h2-4H,5-10H2,1H3. The molecule has 0 atom stereocenters. The van der Waals surface area contributed by atoms with Gasteiger partial charge >= 0.3 is 15.6 Å². The molecule has 0 aliphatic carbocycles. The van der Waals surface area contributed by atoms with Crippen LogP contribution in [0.5, 0.6) is 5.75 Å². The molecule has 0 amide bonds. The van der Waals surface area contributed by atoms with Crippen molar-refractivity contribution in [3.05, 3.63) is 23.8 Å². The maximum absolute atomic E-state index is 12.5. The second-order valence-corrected chi connectivity index (χ2v) is 7.10. The first-order chi connectivity index (χ1) is 12.2. The van der Waals surface area contributed by atoms with Gasteiger partial charge in [-0.25, -0.2) is 0 Å². The average Bonchev–Trinajstić information content (AvgIpc) is 2.59. The number of rotatable bonds is 6. The predicted octanol–water partition coefficient (Wildman–Crippen LogP) is 1.56. The number of hydrogen-bond acceptors (Lipinski definition) is 7. The van der Waals surface area contributed by atoms with Crippen LogP contribution in [0.4, 0.5) is 18.9 Å². The van der Waals surface area contributed by atoms with Gasteiger partial charge in [-0.05, 0) is 12.1 Å². The molecule has 0 spiro atoms. The molecule has 0 bridgehead atoms. The highest BCUT2D eigenvalue weighted by Gasteiger charge is 2.49. The summed E-state index contributed by atoms with van der Waals surface area (Å²) in [6.07, 6.45) is 0. The summed E-state index contributed by atoms with van der Waals surface area (Å²) in [4.78, 5) is 3.97. The molecule has 1 saturated heterocycles. The molecule has 1 aliphatic heterocycles. The molecule has 144 valence electrons. The molecule has 11 heteroatoms. The van der Waals surface area contributed by atoms with E-state index in [0.29, 0.717) is 38.5 Å². The van der Waals surface area contributed by atoms with E-state index in [2.05, 4.69) is 9.08 Å². The first kappa shape index (κ1) is 20.3. The Bertz CT molecular complexity index is 769. The zero-order chi connectivity index (χ0) is 19.4. The van der Waals surface area contributed by atoms with E-state index < -0.39 is 21.4 Å². The van der Waals surface area contributed by atoms with E-state index in [-0.39, 0.29) is 5.56 Å². The van der Waals surface area contributed by atoms with Crippen molar-refractivity contribution in [1.82, 2.24) is 4.90 Å². The Labute approximate surface area is 149 Å². The van der Waals surface area contributed by atoms with E-state index >= 15 is 0 Å². The Morgan fingerprint density at radius 1 is 1.23 bits per heavy atom. The van der Waals surface area contributed by atoms with Gasteiger partial charge in [-0.1, -0.05) is 6.07 Å². The third-order valence-corrected chi connectivity index (χ3v) is 4.89. The van der Waals surface area contributed by atoms with E-state index in [1.54, 1.807) is 19.2 Å². The Hall–Kier alpha value is -2.03. The van der Waals surface area contributed by atoms with Gasteiger partial charge < -0.3 is 13.8 Å². The van der Waals surface area contributed by atoms with Crippen molar-refractivity contribution in [1.29, 1.82) is 5.26 Å². The molecule has 0 radical (unpaired) electrons. The Balaban J connectivity index is 2.21. The molecule has 1 heterocycles. The summed E-state index contributed by atoms with van der Waals surface area (Å²) < 4.78 is 69.2. The molecule has 26 heavy (non-hydrogen) atoms. The van der Waals surface area contributed by atoms with E-state index in [9.17, 15) is 26.9 Å². The predicted molar refractivity (Wildman–Crippen MR) is 87.3 cm³/mol. The maximum atomic E-state index is 12.5. The van der Waals surface area contributed by atoms with Gasteiger partial charge in [0.1, 0.15) is 11.6 Å². The molecule has 0 saturated carbocycles. The topological polar surface area (TPSA) is 82.9 Å². The third kappa shape index (κ3) is 4.57. The Kier molecular flexibility index (Phi) is 6.33. The molecular formula is C15H18F3N3O4S. The smallest absolute Gasteiger partial charge is 0.383 e. The van der Waals surface area contributed by atoms with E-state index in [1.165, 1.54) is 6.07 Å². The summed E-state index contributed by atoms with van der Waals surface area (Å²) in [6.45, 7) is 3.77. The number of nitrogens with zero attached hydrogens (tertiary/aromatic N) is 3. The van der Waals surface area contributed by atoms with Crippen LogP contribution in [0.25, 0.3) is 0 Å². The molecule has 0 unspecified atom stereocenters. The number of alkyl halides is 3. The SMILES string of the molecule is COCCN1CCN(c2cccc(OS(=O)(=O)C(F)(F)F)c2C#N)CC1. The fourth-order valence-corrected chi connectivity index (χ4v) is 3.03. The number of halogens is 3. The molecule has 0 aromatic heterocycles. The molecule has 1 aromatic carbocycles. The number of ether oxygens (including phenoxy) is 1. The van der Waals surface area contributed by atoms with Gasteiger partial charge in [-0.2, -0.15) is 26.9 Å². The molecule has 0 N–H and O–H groups in total. The summed E-state index contributed by atoms with van der Waals surface area (Å²) in [5.74, 6) is -0.635.